The van der Waals surface area contributed by atoms with Gasteiger partial charge in [-0.05, 0) is 61.6 Å². The summed E-state index contributed by atoms with van der Waals surface area (Å²) in [4.78, 5) is 11.2. The molecule has 0 saturated carbocycles. The molecule has 0 saturated heterocycles. The van der Waals surface area contributed by atoms with Gasteiger partial charge in [0.15, 0.2) is 5.65 Å². The molecule has 0 atom stereocenters. The van der Waals surface area contributed by atoms with Gasteiger partial charge in [0.25, 0.3) is 0 Å². The maximum absolute atomic E-state index is 8.59. The topological polar surface area (TPSA) is 62.7 Å². The van der Waals surface area contributed by atoms with Crippen LogP contribution in [0.15, 0.2) is 29.1 Å². The Kier molecular flexibility index (Phi) is 4.56. The molecule has 7 heteroatoms. The molecule has 3 rings (SSSR count). The highest BCUT2D eigenvalue weighted by atomic mass is 79.9. The molecule has 0 fully saturated rings. The molecule has 0 spiro atoms. The summed E-state index contributed by atoms with van der Waals surface area (Å²) >= 11 is 3.42. The van der Waals surface area contributed by atoms with Crippen LogP contribution in [0, 0.1) is 19.3 Å². The van der Waals surface area contributed by atoms with E-state index in [-0.39, 0.29) is 0 Å². The summed E-state index contributed by atoms with van der Waals surface area (Å²) < 4.78 is 4.85. The predicted molar refractivity (Wildman–Crippen MR) is 98.4 cm³/mol. The number of rotatable bonds is 4. The average molecular weight is 389 g/mol. The van der Waals surface area contributed by atoms with E-state index in [2.05, 4.69) is 30.8 Å². The van der Waals surface area contributed by atoms with E-state index in [9.17, 15) is 0 Å². The molecule has 3 aromatic rings. The Morgan fingerprint density at radius 2 is 1.96 bits per heavy atom. The second-order valence-corrected chi connectivity index (χ2v) is 7.08. The number of fused-ring (bicyclic) bond motifs is 1. The van der Waals surface area contributed by atoms with Gasteiger partial charge >= 0.3 is 0 Å². The van der Waals surface area contributed by atoms with Crippen LogP contribution in [0.4, 0.5) is 0 Å². The molecule has 3 heterocycles. The highest BCUT2D eigenvalue weighted by Crippen LogP contribution is 2.24. The molecule has 3 aromatic heterocycles. The van der Waals surface area contributed by atoms with Gasteiger partial charge < -0.3 is 9.47 Å². The first-order valence-corrected chi connectivity index (χ1v) is 8.57. The number of hydrogen-bond acceptors (Lipinski definition) is 4. The van der Waals surface area contributed by atoms with Crippen molar-refractivity contribution in [1.29, 1.82) is 5.41 Å². The van der Waals surface area contributed by atoms with E-state index in [1.807, 2.05) is 49.2 Å². The monoisotopic (exact) mass is 388 g/mol. The van der Waals surface area contributed by atoms with Crippen LogP contribution in [0.3, 0.4) is 0 Å². The van der Waals surface area contributed by atoms with Crippen LogP contribution in [0.5, 0.6) is 0 Å². The summed E-state index contributed by atoms with van der Waals surface area (Å²) in [6.07, 6.45) is 3.53. The largest absolute Gasteiger partial charge is 0.316 e. The zero-order valence-corrected chi connectivity index (χ0v) is 15.9. The van der Waals surface area contributed by atoms with Crippen molar-refractivity contribution in [2.45, 2.75) is 20.4 Å². The number of nitrogens with zero attached hydrogens (tertiary/aromatic N) is 5. The molecule has 0 unspecified atom stereocenters. The Morgan fingerprint density at radius 1 is 1.21 bits per heavy atom. The number of halogens is 1. The summed E-state index contributed by atoms with van der Waals surface area (Å²) in [7, 11) is 4.06. The Bertz CT molecular complexity index is 936. The Balaban J connectivity index is 2.19. The van der Waals surface area contributed by atoms with Crippen molar-refractivity contribution < 1.29 is 0 Å². The highest BCUT2D eigenvalue weighted by Gasteiger charge is 2.17. The quantitative estimate of drug-likeness (QED) is 0.746. The summed E-state index contributed by atoms with van der Waals surface area (Å²) in [6.45, 7) is 5.71. The van der Waals surface area contributed by atoms with Gasteiger partial charge in [0, 0.05) is 29.5 Å². The van der Waals surface area contributed by atoms with Crippen molar-refractivity contribution in [1.82, 2.24) is 24.0 Å². The standard InChI is InChI=1S/C17H21BrN6/c1-11-12(2)24(14-6-5-13(18)9-20-14)17-15(11)16(19)23(10-21-17)8-7-22(3)4/h5-6,9-10,19H,7-8H2,1-4H3. The number of likely N-dealkylation sites (N-methyl/N-ethyl adjacent to an activating group) is 1. The van der Waals surface area contributed by atoms with Crippen LogP contribution < -0.4 is 5.49 Å². The van der Waals surface area contributed by atoms with Crippen LogP contribution in [0.25, 0.3) is 16.9 Å². The number of aromatic nitrogens is 4. The van der Waals surface area contributed by atoms with Crippen LogP contribution >= 0.6 is 15.9 Å². The number of nitrogens with one attached hydrogen (secondary N) is 1. The van der Waals surface area contributed by atoms with Crippen LogP contribution in [0.1, 0.15) is 11.3 Å². The number of aryl methyl sites for hydroxylation is 1. The first-order chi connectivity index (χ1) is 11.4. The summed E-state index contributed by atoms with van der Waals surface area (Å²) in [5, 5.41) is 9.48. The summed E-state index contributed by atoms with van der Waals surface area (Å²) in [6, 6.07) is 3.92. The van der Waals surface area contributed by atoms with E-state index in [0.29, 0.717) is 5.49 Å². The van der Waals surface area contributed by atoms with Gasteiger partial charge in [-0.2, -0.15) is 0 Å². The van der Waals surface area contributed by atoms with E-state index in [1.54, 1.807) is 12.5 Å². The lowest BCUT2D eigenvalue weighted by Crippen LogP contribution is -2.27. The zero-order chi connectivity index (χ0) is 17.4. The van der Waals surface area contributed by atoms with Gasteiger partial charge in [-0.15, -0.1) is 0 Å². The molecule has 1 N–H and O–H groups in total. The molecule has 0 aliphatic rings. The van der Waals surface area contributed by atoms with Crippen LogP contribution in [-0.4, -0.2) is 44.6 Å². The molecule has 0 aliphatic carbocycles. The first kappa shape index (κ1) is 16.9. The Labute approximate surface area is 149 Å². The molecule has 0 aromatic carbocycles. The van der Waals surface area contributed by atoms with Gasteiger partial charge in [0.2, 0.25) is 0 Å². The fourth-order valence-electron chi connectivity index (χ4n) is 2.78. The van der Waals surface area contributed by atoms with Crippen molar-refractivity contribution in [3.63, 3.8) is 0 Å². The Hall–Kier alpha value is -1.99. The van der Waals surface area contributed by atoms with Gasteiger partial charge in [0.05, 0.1) is 11.7 Å². The number of pyridine rings is 1. The lowest BCUT2D eigenvalue weighted by Gasteiger charge is -2.12. The molecule has 0 aliphatic heterocycles. The van der Waals surface area contributed by atoms with E-state index >= 15 is 0 Å². The molecule has 6 nitrogen and oxygen atoms in total. The molecule has 0 radical (unpaired) electrons. The third-order valence-electron chi connectivity index (χ3n) is 4.26. The van der Waals surface area contributed by atoms with E-state index in [1.165, 1.54) is 0 Å². The first-order valence-electron chi connectivity index (χ1n) is 7.78. The minimum Gasteiger partial charge on any atom is -0.316 e. The van der Waals surface area contributed by atoms with Gasteiger partial charge in [-0.3, -0.25) is 9.98 Å². The zero-order valence-electron chi connectivity index (χ0n) is 14.3. The number of hydrogen-bond donors (Lipinski definition) is 1. The SMILES string of the molecule is Cc1c(C)n(-c2ccc(Br)cn2)c2ncn(CCN(C)C)c(=N)c12. The van der Waals surface area contributed by atoms with Crippen molar-refractivity contribution >= 4 is 27.0 Å². The smallest absolute Gasteiger partial charge is 0.151 e. The average Bonchev–Trinajstić information content (AvgIpc) is 2.80. The van der Waals surface area contributed by atoms with Crippen molar-refractivity contribution in [2.75, 3.05) is 20.6 Å². The summed E-state index contributed by atoms with van der Waals surface area (Å²) in [5.41, 5.74) is 3.42. The normalized spacial score (nSPS) is 11.6. The molecule has 0 bridgehead atoms. The van der Waals surface area contributed by atoms with E-state index in [0.717, 1.165) is 45.7 Å². The van der Waals surface area contributed by atoms with Crippen molar-refractivity contribution in [3.8, 4) is 5.82 Å². The summed E-state index contributed by atoms with van der Waals surface area (Å²) in [5.74, 6) is 0.812. The minimum atomic E-state index is 0.498. The van der Waals surface area contributed by atoms with Gasteiger partial charge in [-0.1, -0.05) is 0 Å². The Morgan fingerprint density at radius 3 is 2.58 bits per heavy atom. The molecule has 126 valence electrons. The fourth-order valence-corrected chi connectivity index (χ4v) is 3.01. The van der Waals surface area contributed by atoms with Gasteiger partial charge in [0.1, 0.15) is 11.3 Å². The van der Waals surface area contributed by atoms with E-state index < -0.39 is 0 Å². The predicted octanol–water partition coefficient (Wildman–Crippen LogP) is 2.64. The minimum absolute atomic E-state index is 0.498. The van der Waals surface area contributed by atoms with Gasteiger partial charge in [-0.25, -0.2) is 9.97 Å². The molecule has 24 heavy (non-hydrogen) atoms. The van der Waals surface area contributed by atoms with Crippen LogP contribution in [0.2, 0.25) is 0 Å². The van der Waals surface area contributed by atoms with E-state index in [4.69, 9.17) is 5.41 Å². The van der Waals surface area contributed by atoms with Crippen LogP contribution in [-0.2, 0) is 6.54 Å². The lowest BCUT2D eigenvalue weighted by atomic mass is 10.2. The van der Waals surface area contributed by atoms with Crippen molar-refractivity contribution in [3.05, 3.63) is 45.9 Å². The third kappa shape index (κ3) is 2.89. The third-order valence-corrected chi connectivity index (χ3v) is 4.73. The molecular formula is C17H21BrN6. The van der Waals surface area contributed by atoms with Crippen molar-refractivity contribution in [2.24, 2.45) is 0 Å². The fraction of sp³-hybridized carbons (Fsp3) is 0.353. The second-order valence-electron chi connectivity index (χ2n) is 6.17. The lowest BCUT2D eigenvalue weighted by molar-refractivity contribution is 0.379. The maximum Gasteiger partial charge on any atom is 0.151 e. The molecule has 0 amide bonds. The molecular weight excluding hydrogens is 368 g/mol. The second kappa shape index (κ2) is 6.49. The maximum atomic E-state index is 8.59. The highest BCUT2D eigenvalue weighted by molar-refractivity contribution is 9.10.